The highest BCUT2D eigenvalue weighted by molar-refractivity contribution is 7.09. The Labute approximate surface area is 114 Å². The zero-order chi connectivity index (χ0) is 13.2. The van der Waals surface area contributed by atoms with Crippen LogP contribution >= 0.6 is 11.3 Å². The fourth-order valence-electron chi connectivity index (χ4n) is 1.89. The van der Waals surface area contributed by atoms with Gasteiger partial charge in [0.15, 0.2) is 0 Å². The van der Waals surface area contributed by atoms with Gasteiger partial charge in [0.2, 0.25) is 0 Å². The second kappa shape index (κ2) is 4.81. The Kier molecular flexibility index (Phi) is 3.00. The molecule has 0 fully saturated rings. The summed E-state index contributed by atoms with van der Waals surface area (Å²) in [5.41, 5.74) is 3.36. The Morgan fingerprint density at radius 1 is 1.53 bits per heavy atom. The van der Waals surface area contributed by atoms with Crippen molar-refractivity contribution >= 4 is 28.5 Å². The molecule has 0 radical (unpaired) electrons. The van der Waals surface area contributed by atoms with Gasteiger partial charge in [0.05, 0.1) is 22.6 Å². The first-order valence-corrected chi connectivity index (χ1v) is 6.74. The summed E-state index contributed by atoms with van der Waals surface area (Å²) in [5, 5.41) is 12.3. The molecule has 0 saturated heterocycles. The largest absolute Gasteiger partial charge is 0.320 e. The summed E-state index contributed by atoms with van der Waals surface area (Å²) in [6, 6.07) is 0. The molecule has 1 amide bonds. The van der Waals surface area contributed by atoms with Crippen molar-refractivity contribution in [1.29, 1.82) is 0 Å². The number of nitrogens with one attached hydrogen (secondary N) is 2. The van der Waals surface area contributed by atoms with Crippen LogP contribution in [0.15, 0.2) is 35.5 Å². The van der Waals surface area contributed by atoms with Gasteiger partial charge in [0.25, 0.3) is 5.91 Å². The maximum Gasteiger partial charge on any atom is 0.252 e. The standard InChI is InChI=1S/C13H12N4OS/c1-8-16-12(7-19-8)9-2-3-10(4-9)13(18)17-11-5-14-15-6-11/h2,4-7H,3H2,1H3,(H,14,15)(H,17,18). The van der Waals surface area contributed by atoms with Crippen LogP contribution in [0.3, 0.4) is 0 Å². The van der Waals surface area contributed by atoms with Gasteiger partial charge in [-0.2, -0.15) is 5.10 Å². The zero-order valence-corrected chi connectivity index (χ0v) is 11.1. The summed E-state index contributed by atoms with van der Waals surface area (Å²) in [4.78, 5) is 16.4. The smallest absolute Gasteiger partial charge is 0.252 e. The first kappa shape index (κ1) is 11.9. The minimum Gasteiger partial charge on any atom is -0.320 e. The Morgan fingerprint density at radius 3 is 3.11 bits per heavy atom. The molecule has 0 aliphatic heterocycles. The maximum absolute atomic E-state index is 12.0. The highest BCUT2D eigenvalue weighted by Crippen LogP contribution is 2.27. The monoisotopic (exact) mass is 272 g/mol. The first-order valence-electron chi connectivity index (χ1n) is 5.86. The highest BCUT2D eigenvalue weighted by atomic mass is 32.1. The van der Waals surface area contributed by atoms with Crippen LogP contribution in [0.2, 0.25) is 0 Å². The van der Waals surface area contributed by atoms with Gasteiger partial charge >= 0.3 is 0 Å². The summed E-state index contributed by atoms with van der Waals surface area (Å²) in [6.07, 6.45) is 7.77. The molecular weight excluding hydrogens is 260 g/mol. The number of aryl methyl sites for hydroxylation is 1. The molecule has 2 aromatic heterocycles. The second-order valence-electron chi connectivity index (χ2n) is 4.23. The van der Waals surface area contributed by atoms with E-state index < -0.39 is 0 Å². The molecular formula is C13H12N4OS. The van der Waals surface area contributed by atoms with E-state index in [9.17, 15) is 4.79 Å². The number of thiazole rings is 1. The number of aromatic amines is 1. The summed E-state index contributed by atoms with van der Waals surface area (Å²) in [7, 11) is 0. The number of carbonyl (C=O) groups excluding carboxylic acids is 1. The minimum atomic E-state index is -0.0976. The molecule has 0 bridgehead atoms. The van der Waals surface area contributed by atoms with Crippen LogP contribution in [0.4, 0.5) is 5.69 Å². The predicted molar refractivity (Wildman–Crippen MR) is 74.7 cm³/mol. The Morgan fingerprint density at radius 2 is 2.42 bits per heavy atom. The van der Waals surface area contributed by atoms with E-state index >= 15 is 0 Å². The molecule has 96 valence electrons. The number of amides is 1. The van der Waals surface area contributed by atoms with Gasteiger partial charge in [0, 0.05) is 17.2 Å². The maximum atomic E-state index is 12.0. The number of hydrogen-bond donors (Lipinski definition) is 2. The van der Waals surface area contributed by atoms with Gasteiger partial charge < -0.3 is 5.32 Å². The van der Waals surface area contributed by atoms with E-state index in [0.29, 0.717) is 12.1 Å². The molecule has 5 nitrogen and oxygen atoms in total. The van der Waals surface area contributed by atoms with E-state index in [-0.39, 0.29) is 5.91 Å². The number of rotatable bonds is 3. The van der Waals surface area contributed by atoms with E-state index in [0.717, 1.165) is 21.8 Å². The van der Waals surface area contributed by atoms with Gasteiger partial charge in [-0.15, -0.1) is 11.3 Å². The van der Waals surface area contributed by atoms with Crippen LogP contribution < -0.4 is 5.32 Å². The van der Waals surface area contributed by atoms with Gasteiger partial charge in [-0.1, -0.05) is 6.08 Å². The number of nitrogens with zero attached hydrogens (tertiary/aromatic N) is 2. The topological polar surface area (TPSA) is 70.7 Å². The van der Waals surface area contributed by atoms with E-state index in [1.165, 1.54) is 0 Å². The summed E-state index contributed by atoms with van der Waals surface area (Å²) < 4.78 is 0. The summed E-state index contributed by atoms with van der Waals surface area (Å²) >= 11 is 1.61. The van der Waals surface area contributed by atoms with Crippen molar-refractivity contribution < 1.29 is 4.79 Å². The molecule has 19 heavy (non-hydrogen) atoms. The third-order valence-electron chi connectivity index (χ3n) is 2.83. The van der Waals surface area contributed by atoms with Crippen LogP contribution in [-0.2, 0) is 4.79 Å². The lowest BCUT2D eigenvalue weighted by Crippen LogP contribution is -2.12. The molecule has 2 N–H and O–H groups in total. The van der Waals surface area contributed by atoms with Crippen LogP contribution in [0, 0.1) is 6.92 Å². The third-order valence-corrected chi connectivity index (χ3v) is 3.61. The summed E-state index contributed by atoms with van der Waals surface area (Å²) in [5.74, 6) is -0.0976. The van der Waals surface area contributed by atoms with Crippen LogP contribution in [0.25, 0.3) is 5.57 Å². The number of carbonyl (C=O) groups is 1. The first-order chi connectivity index (χ1) is 9.22. The lowest BCUT2D eigenvalue weighted by Gasteiger charge is -2.01. The predicted octanol–water partition coefficient (Wildman–Crippen LogP) is 2.53. The third kappa shape index (κ3) is 2.48. The number of H-pyrrole nitrogens is 1. The molecule has 0 atom stereocenters. The number of anilines is 1. The number of aromatic nitrogens is 3. The van der Waals surface area contributed by atoms with Crippen LogP contribution in [-0.4, -0.2) is 21.1 Å². The molecule has 2 heterocycles. The molecule has 0 spiro atoms. The Bertz CT molecular complexity index is 667. The zero-order valence-electron chi connectivity index (χ0n) is 10.3. The van der Waals surface area contributed by atoms with Crippen LogP contribution in [0.1, 0.15) is 17.1 Å². The molecule has 0 unspecified atom stereocenters. The van der Waals surface area contributed by atoms with Gasteiger partial charge in [0.1, 0.15) is 0 Å². The lowest BCUT2D eigenvalue weighted by atomic mass is 10.2. The van der Waals surface area contributed by atoms with E-state index in [1.54, 1.807) is 23.7 Å². The average molecular weight is 272 g/mol. The molecule has 0 saturated carbocycles. The van der Waals surface area contributed by atoms with Crippen molar-refractivity contribution in [3.63, 3.8) is 0 Å². The van der Waals surface area contributed by atoms with Crippen molar-refractivity contribution in [3.05, 3.63) is 46.2 Å². The Hall–Kier alpha value is -2.21. The lowest BCUT2D eigenvalue weighted by molar-refractivity contribution is -0.112. The highest BCUT2D eigenvalue weighted by Gasteiger charge is 2.16. The van der Waals surface area contributed by atoms with Gasteiger partial charge in [-0.25, -0.2) is 4.98 Å². The molecule has 6 heteroatoms. The van der Waals surface area contributed by atoms with Crippen molar-refractivity contribution in [1.82, 2.24) is 15.2 Å². The van der Waals surface area contributed by atoms with E-state index in [1.807, 2.05) is 24.5 Å². The quantitative estimate of drug-likeness (QED) is 0.902. The Balaban J connectivity index is 1.73. The average Bonchev–Trinajstić information content (AvgIpc) is 3.07. The molecule has 3 rings (SSSR count). The van der Waals surface area contributed by atoms with Crippen LogP contribution in [0.5, 0.6) is 0 Å². The molecule has 2 aromatic rings. The molecule has 1 aliphatic carbocycles. The van der Waals surface area contributed by atoms with Crippen molar-refractivity contribution in [2.75, 3.05) is 5.32 Å². The van der Waals surface area contributed by atoms with Crippen molar-refractivity contribution in [3.8, 4) is 0 Å². The minimum absolute atomic E-state index is 0.0976. The SMILES string of the molecule is Cc1nc(C2=CCC(C(=O)Nc3cn[nH]c3)=C2)cs1. The number of allylic oxidation sites excluding steroid dienone is 3. The molecule has 1 aliphatic rings. The molecule has 0 aromatic carbocycles. The van der Waals surface area contributed by atoms with Crippen molar-refractivity contribution in [2.24, 2.45) is 0 Å². The second-order valence-corrected chi connectivity index (χ2v) is 5.29. The summed E-state index contributed by atoms with van der Waals surface area (Å²) in [6.45, 7) is 1.97. The normalized spacial score (nSPS) is 14.2. The fraction of sp³-hybridized carbons (Fsp3) is 0.154. The number of hydrogen-bond acceptors (Lipinski definition) is 4. The van der Waals surface area contributed by atoms with Crippen molar-refractivity contribution in [2.45, 2.75) is 13.3 Å². The fourth-order valence-corrected chi connectivity index (χ4v) is 2.51. The van der Waals surface area contributed by atoms with E-state index in [4.69, 9.17) is 0 Å². The van der Waals surface area contributed by atoms with E-state index in [2.05, 4.69) is 20.5 Å². The van der Waals surface area contributed by atoms with Gasteiger partial charge in [-0.3, -0.25) is 9.89 Å². The van der Waals surface area contributed by atoms with Gasteiger partial charge in [-0.05, 0) is 25.0 Å².